The summed E-state index contributed by atoms with van der Waals surface area (Å²) in [6.07, 6.45) is 0. The third-order valence-corrected chi connectivity index (χ3v) is 3.45. The van der Waals surface area contributed by atoms with Crippen molar-refractivity contribution in [3.8, 4) is 5.75 Å². The number of hydrogen-bond donors (Lipinski definition) is 0. The van der Waals surface area contributed by atoms with Crippen LogP contribution in [0.5, 0.6) is 5.75 Å². The van der Waals surface area contributed by atoms with Crippen molar-refractivity contribution in [1.29, 1.82) is 0 Å². The largest absolute Gasteiger partial charge is 0.412 e. The van der Waals surface area contributed by atoms with Crippen LogP contribution in [0.4, 0.5) is 4.79 Å². The molecule has 0 bridgehead atoms. The van der Waals surface area contributed by atoms with Gasteiger partial charge in [0.05, 0.1) is 7.14 Å². The molecule has 1 aromatic rings. The molecule has 0 saturated heterocycles. The monoisotopic (exact) mass is 534 g/mol. The van der Waals surface area contributed by atoms with Gasteiger partial charge in [0.25, 0.3) is 0 Å². The molecule has 70 valence electrons. The molecule has 0 N–H and O–H groups in total. The molecule has 0 aromatic heterocycles. The zero-order valence-corrected chi connectivity index (χ0v) is 13.2. The van der Waals surface area contributed by atoms with Crippen LogP contribution >= 0.6 is 79.4 Å². The van der Waals surface area contributed by atoms with Gasteiger partial charge in [0.1, 0.15) is 0 Å². The Hall–Kier alpha value is 1.17. The normalized spacial score (nSPS) is 9.85. The van der Waals surface area contributed by atoms with E-state index in [0.29, 0.717) is 5.75 Å². The van der Waals surface area contributed by atoms with Crippen molar-refractivity contribution < 1.29 is 9.53 Å². The first-order valence-electron chi connectivity index (χ1n) is 3.02. The molecule has 0 unspecified atom stereocenters. The second kappa shape index (κ2) is 5.31. The smallest absolute Gasteiger partial charge is 0.409 e. The Bertz CT molecular complexity index is 331. The molecule has 1 aromatic carbocycles. The molecular formula is C7H2ClI3O2. The maximum atomic E-state index is 10.5. The highest BCUT2D eigenvalue weighted by Crippen LogP contribution is 2.29. The molecule has 0 saturated carbocycles. The summed E-state index contributed by atoms with van der Waals surface area (Å²) in [5.74, 6) is 0.529. The van der Waals surface area contributed by atoms with Gasteiger partial charge in [-0.05, 0) is 79.9 Å². The van der Waals surface area contributed by atoms with Crippen molar-refractivity contribution in [2.45, 2.75) is 0 Å². The number of ether oxygens (including phenoxy) is 1. The fourth-order valence-corrected chi connectivity index (χ4v) is 4.59. The quantitative estimate of drug-likeness (QED) is 0.399. The molecule has 0 aliphatic carbocycles. The summed E-state index contributed by atoms with van der Waals surface area (Å²) in [4.78, 5) is 10.5. The van der Waals surface area contributed by atoms with E-state index < -0.39 is 5.43 Å². The molecule has 1 rings (SSSR count). The van der Waals surface area contributed by atoms with Gasteiger partial charge in [-0.2, -0.15) is 0 Å². The van der Waals surface area contributed by atoms with E-state index in [1.54, 1.807) is 0 Å². The summed E-state index contributed by atoms with van der Waals surface area (Å²) in [6, 6.07) is 3.83. The van der Waals surface area contributed by atoms with E-state index in [9.17, 15) is 4.79 Å². The lowest BCUT2D eigenvalue weighted by Crippen LogP contribution is -2.00. The first-order chi connectivity index (χ1) is 6.00. The van der Waals surface area contributed by atoms with E-state index in [2.05, 4.69) is 67.8 Å². The lowest BCUT2D eigenvalue weighted by atomic mass is 10.3. The van der Waals surface area contributed by atoms with Crippen molar-refractivity contribution in [3.05, 3.63) is 22.8 Å². The molecule has 2 nitrogen and oxygen atoms in total. The van der Waals surface area contributed by atoms with Crippen molar-refractivity contribution >= 4 is 84.8 Å². The molecule has 0 radical (unpaired) electrons. The van der Waals surface area contributed by atoms with Gasteiger partial charge in [0, 0.05) is 15.2 Å². The van der Waals surface area contributed by atoms with E-state index in [0.717, 1.165) is 10.7 Å². The third-order valence-electron chi connectivity index (χ3n) is 1.15. The number of halogens is 4. The van der Waals surface area contributed by atoms with Crippen LogP contribution in [0.2, 0.25) is 0 Å². The second-order valence-electron chi connectivity index (χ2n) is 2.04. The Labute approximate surface area is 121 Å². The molecule has 0 spiro atoms. The Balaban J connectivity index is 3.13. The van der Waals surface area contributed by atoms with E-state index in [-0.39, 0.29) is 0 Å². The molecule has 0 aliphatic heterocycles. The zero-order chi connectivity index (χ0) is 10.0. The SMILES string of the molecule is O=C(Cl)Oc1c(I)cc(I)cc1I. The van der Waals surface area contributed by atoms with Crippen LogP contribution in [0, 0.1) is 10.7 Å². The predicted octanol–water partition coefficient (Wildman–Crippen LogP) is 4.24. The molecule has 0 fully saturated rings. The van der Waals surface area contributed by atoms with Gasteiger partial charge in [-0.25, -0.2) is 4.79 Å². The first kappa shape index (κ1) is 12.2. The summed E-state index contributed by atoms with van der Waals surface area (Å²) in [7, 11) is 0. The average Bonchev–Trinajstić information content (AvgIpc) is 1.96. The van der Waals surface area contributed by atoms with Gasteiger partial charge in [0.15, 0.2) is 5.75 Å². The van der Waals surface area contributed by atoms with E-state index in [4.69, 9.17) is 16.3 Å². The summed E-state index contributed by atoms with van der Waals surface area (Å²) in [6.45, 7) is 0. The Morgan fingerprint density at radius 2 is 1.69 bits per heavy atom. The van der Waals surface area contributed by atoms with Crippen LogP contribution in [0.1, 0.15) is 0 Å². The third kappa shape index (κ3) is 3.67. The molecule has 6 heteroatoms. The summed E-state index contributed by atoms with van der Waals surface area (Å²) in [5, 5.41) is 0. The average molecular weight is 534 g/mol. The predicted molar refractivity (Wildman–Crippen MR) is 76.5 cm³/mol. The molecule has 0 aliphatic rings. The van der Waals surface area contributed by atoms with Gasteiger partial charge >= 0.3 is 5.43 Å². The highest BCUT2D eigenvalue weighted by Gasteiger charge is 2.10. The van der Waals surface area contributed by atoms with Crippen molar-refractivity contribution in [3.63, 3.8) is 0 Å². The Kier molecular flexibility index (Phi) is 5.00. The zero-order valence-electron chi connectivity index (χ0n) is 5.98. The Morgan fingerprint density at radius 1 is 1.23 bits per heavy atom. The van der Waals surface area contributed by atoms with Gasteiger partial charge in [0.2, 0.25) is 0 Å². The van der Waals surface area contributed by atoms with E-state index >= 15 is 0 Å². The van der Waals surface area contributed by atoms with Crippen molar-refractivity contribution in [2.24, 2.45) is 0 Å². The summed E-state index contributed by atoms with van der Waals surface area (Å²) in [5.41, 5.74) is -0.808. The van der Waals surface area contributed by atoms with Crippen LogP contribution in [0.15, 0.2) is 12.1 Å². The lowest BCUT2D eigenvalue weighted by molar-refractivity contribution is 0.225. The molecular weight excluding hydrogens is 532 g/mol. The standard InChI is InChI=1S/C7H2ClI3O2/c8-7(12)13-6-4(10)1-3(9)2-5(6)11/h1-2H. The Morgan fingerprint density at radius 3 is 2.08 bits per heavy atom. The molecule has 13 heavy (non-hydrogen) atoms. The van der Waals surface area contributed by atoms with Crippen LogP contribution in [-0.4, -0.2) is 5.43 Å². The van der Waals surface area contributed by atoms with Crippen molar-refractivity contribution in [1.82, 2.24) is 0 Å². The van der Waals surface area contributed by atoms with Gasteiger partial charge in [-0.3, -0.25) is 0 Å². The van der Waals surface area contributed by atoms with Crippen LogP contribution < -0.4 is 4.74 Å². The number of rotatable bonds is 1. The minimum Gasteiger partial charge on any atom is -0.412 e. The lowest BCUT2D eigenvalue weighted by Gasteiger charge is -2.05. The maximum absolute atomic E-state index is 10.5. The van der Waals surface area contributed by atoms with E-state index in [1.807, 2.05) is 12.1 Å². The minimum absolute atomic E-state index is 0.529. The fourth-order valence-electron chi connectivity index (χ4n) is 0.707. The number of benzene rings is 1. The highest BCUT2D eigenvalue weighted by molar-refractivity contribution is 14.1. The van der Waals surface area contributed by atoms with Gasteiger partial charge < -0.3 is 4.74 Å². The van der Waals surface area contributed by atoms with E-state index in [1.165, 1.54) is 0 Å². The molecule has 0 atom stereocenters. The van der Waals surface area contributed by atoms with Crippen LogP contribution in [0.25, 0.3) is 0 Å². The molecule has 0 heterocycles. The first-order valence-corrected chi connectivity index (χ1v) is 6.64. The highest BCUT2D eigenvalue weighted by atomic mass is 127. The van der Waals surface area contributed by atoms with Crippen molar-refractivity contribution in [2.75, 3.05) is 0 Å². The summed E-state index contributed by atoms with van der Waals surface area (Å²) >= 11 is 11.5. The van der Waals surface area contributed by atoms with Gasteiger partial charge in [-0.15, -0.1) is 0 Å². The van der Waals surface area contributed by atoms with Gasteiger partial charge in [-0.1, -0.05) is 0 Å². The topological polar surface area (TPSA) is 26.3 Å². The fraction of sp³-hybridized carbons (Fsp3) is 0. The minimum atomic E-state index is -0.808. The van der Waals surface area contributed by atoms with Crippen LogP contribution in [-0.2, 0) is 0 Å². The number of carbonyl (C=O) groups is 1. The second-order valence-corrected chi connectivity index (χ2v) is 5.92. The number of hydrogen-bond acceptors (Lipinski definition) is 2. The van der Waals surface area contributed by atoms with Crippen LogP contribution in [0.3, 0.4) is 0 Å². The summed E-state index contributed by atoms with van der Waals surface area (Å²) < 4.78 is 7.69. The number of carbonyl (C=O) groups excluding carboxylic acids is 1. The molecule has 0 amide bonds. The maximum Gasteiger partial charge on any atom is 0.409 e.